The summed E-state index contributed by atoms with van der Waals surface area (Å²) in [6.45, 7) is 3.16. The van der Waals surface area contributed by atoms with Crippen molar-refractivity contribution in [3.05, 3.63) is 76.0 Å². The topological polar surface area (TPSA) is 52.7 Å². The van der Waals surface area contributed by atoms with E-state index in [-0.39, 0.29) is 17.6 Å². The molecule has 7 heteroatoms. The van der Waals surface area contributed by atoms with Gasteiger partial charge in [0.1, 0.15) is 5.82 Å². The minimum Gasteiger partial charge on any atom is -0.351 e. The maximum atomic E-state index is 13.8. The van der Waals surface area contributed by atoms with Gasteiger partial charge in [-0.3, -0.25) is 14.5 Å². The van der Waals surface area contributed by atoms with Crippen LogP contribution in [0.15, 0.2) is 59.1 Å². The van der Waals surface area contributed by atoms with Crippen LogP contribution < -0.4 is 5.32 Å². The quantitative estimate of drug-likeness (QED) is 0.675. The number of rotatable bonds is 6. The van der Waals surface area contributed by atoms with Gasteiger partial charge >= 0.3 is 0 Å². The molecule has 0 radical (unpaired) electrons. The summed E-state index contributed by atoms with van der Waals surface area (Å²) in [6, 6.07) is 14.4. The summed E-state index contributed by atoms with van der Waals surface area (Å²) < 4.78 is 14.5. The Morgan fingerprint density at radius 1 is 1.07 bits per heavy atom. The fourth-order valence-electron chi connectivity index (χ4n) is 3.09. The van der Waals surface area contributed by atoms with Gasteiger partial charge in [-0.2, -0.15) is 0 Å². The van der Waals surface area contributed by atoms with E-state index in [1.807, 2.05) is 35.2 Å². The minimum absolute atomic E-state index is 0.0290. The Balaban J connectivity index is 1.42. The number of benzene rings is 2. The van der Waals surface area contributed by atoms with Crippen LogP contribution in [0.4, 0.5) is 4.39 Å². The van der Waals surface area contributed by atoms with Gasteiger partial charge in [-0.15, -0.1) is 0 Å². The molecule has 0 atom stereocenters. The minimum atomic E-state index is -0.372. The molecular formula is C22H23BrFN3O2. The van der Waals surface area contributed by atoms with Gasteiger partial charge in [0.2, 0.25) is 11.8 Å². The lowest BCUT2D eigenvalue weighted by molar-refractivity contribution is -0.128. The SMILES string of the molecule is O=C(CN1CCN(C(=O)/C=C/c2cc(Br)ccc2F)CC1)NCc1ccccc1. The van der Waals surface area contributed by atoms with E-state index < -0.39 is 0 Å². The highest BCUT2D eigenvalue weighted by Crippen LogP contribution is 2.17. The lowest BCUT2D eigenvalue weighted by Gasteiger charge is -2.33. The third-order valence-corrected chi connectivity index (χ3v) is 5.24. The van der Waals surface area contributed by atoms with Crippen LogP contribution in [0.2, 0.25) is 0 Å². The molecular weight excluding hydrogens is 437 g/mol. The standard InChI is InChI=1S/C22H23BrFN3O2/c23-19-7-8-20(24)18(14-19)6-9-22(29)27-12-10-26(11-13-27)16-21(28)25-15-17-4-2-1-3-5-17/h1-9,14H,10-13,15-16H2,(H,25,28)/b9-6+. The molecule has 0 unspecified atom stereocenters. The maximum absolute atomic E-state index is 13.8. The molecule has 1 aliphatic rings. The third kappa shape index (κ3) is 6.51. The summed E-state index contributed by atoms with van der Waals surface area (Å²) in [5.41, 5.74) is 1.42. The second-order valence-corrected chi connectivity index (χ2v) is 7.78. The van der Waals surface area contributed by atoms with Crippen molar-refractivity contribution >= 4 is 33.8 Å². The average Bonchev–Trinajstić information content (AvgIpc) is 2.74. The molecule has 0 aliphatic carbocycles. The van der Waals surface area contributed by atoms with Crippen LogP contribution in [0.25, 0.3) is 6.08 Å². The zero-order valence-electron chi connectivity index (χ0n) is 16.0. The number of carbonyl (C=O) groups excluding carboxylic acids is 2. The summed E-state index contributed by atoms with van der Waals surface area (Å²) in [4.78, 5) is 28.2. The molecule has 2 aromatic carbocycles. The summed E-state index contributed by atoms with van der Waals surface area (Å²) in [6.07, 6.45) is 2.89. The molecule has 0 spiro atoms. The van der Waals surface area contributed by atoms with Gasteiger partial charge in [-0.1, -0.05) is 46.3 Å². The van der Waals surface area contributed by atoms with Crippen LogP contribution in [0.5, 0.6) is 0 Å². The molecule has 1 aliphatic heterocycles. The maximum Gasteiger partial charge on any atom is 0.246 e. The highest BCUT2D eigenvalue weighted by atomic mass is 79.9. The average molecular weight is 460 g/mol. The molecule has 2 amide bonds. The van der Waals surface area contributed by atoms with Crippen molar-refractivity contribution in [2.75, 3.05) is 32.7 Å². The number of piperazine rings is 1. The van der Waals surface area contributed by atoms with Gasteiger partial charge in [0.05, 0.1) is 6.54 Å². The zero-order chi connectivity index (χ0) is 20.6. The van der Waals surface area contributed by atoms with E-state index in [2.05, 4.69) is 21.2 Å². The van der Waals surface area contributed by atoms with Gasteiger partial charge in [-0.25, -0.2) is 4.39 Å². The number of hydrogen-bond acceptors (Lipinski definition) is 3. The van der Waals surface area contributed by atoms with Crippen LogP contribution >= 0.6 is 15.9 Å². The predicted octanol–water partition coefficient (Wildman–Crippen LogP) is 3.06. The smallest absolute Gasteiger partial charge is 0.246 e. The predicted molar refractivity (Wildman–Crippen MR) is 114 cm³/mol. The van der Waals surface area contributed by atoms with E-state index >= 15 is 0 Å². The van der Waals surface area contributed by atoms with Gasteiger partial charge in [0, 0.05) is 48.8 Å². The first-order chi connectivity index (χ1) is 14.0. The lowest BCUT2D eigenvalue weighted by atomic mass is 10.2. The molecule has 29 heavy (non-hydrogen) atoms. The number of halogens is 2. The first-order valence-corrected chi connectivity index (χ1v) is 10.3. The van der Waals surface area contributed by atoms with E-state index in [1.165, 1.54) is 18.2 Å². The molecule has 1 fully saturated rings. The molecule has 0 aromatic heterocycles. The van der Waals surface area contributed by atoms with E-state index in [0.717, 1.165) is 10.0 Å². The first-order valence-electron chi connectivity index (χ1n) is 9.46. The normalized spacial score (nSPS) is 14.9. The van der Waals surface area contributed by atoms with Gasteiger partial charge < -0.3 is 10.2 Å². The van der Waals surface area contributed by atoms with E-state index in [4.69, 9.17) is 0 Å². The van der Waals surface area contributed by atoms with Crippen LogP contribution in [-0.2, 0) is 16.1 Å². The summed E-state index contributed by atoms with van der Waals surface area (Å²) in [7, 11) is 0. The first kappa shape index (κ1) is 21.2. The van der Waals surface area contributed by atoms with E-state index in [9.17, 15) is 14.0 Å². The Morgan fingerprint density at radius 2 is 1.79 bits per heavy atom. The molecule has 2 aromatic rings. The lowest BCUT2D eigenvalue weighted by Crippen LogP contribution is -2.50. The highest BCUT2D eigenvalue weighted by molar-refractivity contribution is 9.10. The number of hydrogen-bond donors (Lipinski definition) is 1. The monoisotopic (exact) mass is 459 g/mol. The molecule has 0 bridgehead atoms. The molecule has 1 saturated heterocycles. The molecule has 152 valence electrons. The van der Waals surface area contributed by atoms with Crippen molar-refractivity contribution in [2.45, 2.75) is 6.54 Å². The molecule has 3 rings (SSSR count). The second-order valence-electron chi connectivity index (χ2n) is 6.86. The van der Waals surface area contributed by atoms with Gasteiger partial charge in [0.15, 0.2) is 0 Å². The van der Waals surface area contributed by atoms with Crippen molar-refractivity contribution in [2.24, 2.45) is 0 Å². The van der Waals surface area contributed by atoms with Crippen LogP contribution in [0.3, 0.4) is 0 Å². The molecule has 1 heterocycles. The van der Waals surface area contributed by atoms with Crippen molar-refractivity contribution in [3.63, 3.8) is 0 Å². The summed E-state index contributed by atoms with van der Waals surface area (Å²) in [5, 5.41) is 2.92. The fourth-order valence-corrected chi connectivity index (χ4v) is 3.47. The highest BCUT2D eigenvalue weighted by Gasteiger charge is 2.21. The zero-order valence-corrected chi connectivity index (χ0v) is 17.6. The van der Waals surface area contributed by atoms with Crippen LogP contribution in [0.1, 0.15) is 11.1 Å². The van der Waals surface area contributed by atoms with E-state index in [1.54, 1.807) is 17.0 Å². The number of nitrogens with zero attached hydrogens (tertiary/aromatic N) is 2. The Kier molecular flexibility index (Phi) is 7.55. The summed E-state index contributed by atoms with van der Waals surface area (Å²) >= 11 is 3.30. The van der Waals surface area contributed by atoms with Gasteiger partial charge in [0.25, 0.3) is 0 Å². The fraction of sp³-hybridized carbons (Fsp3) is 0.273. The summed E-state index contributed by atoms with van der Waals surface area (Å²) in [5.74, 6) is -0.556. The van der Waals surface area contributed by atoms with Crippen LogP contribution in [0, 0.1) is 5.82 Å². The Labute approximate surface area is 178 Å². The van der Waals surface area contributed by atoms with Crippen LogP contribution in [-0.4, -0.2) is 54.3 Å². The number of carbonyl (C=O) groups is 2. The molecule has 1 N–H and O–H groups in total. The Hall–Kier alpha value is -2.51. The second kappa shape index (κ2) is 10.3. The van der Waals surface area contributed by atoms with Crippen molar-refractivity contribution in [1.82, 2.24) is 15.1 Å². The Bertz CT molecular complexity index is 881. The van der Waals surface area contributed by atoms with Gasteiger partial charge in [-0.05, 0) is 29.8 Å². The number of nitrogens with one attached hydrogen (secondary N) is 1. The largest absolute Gasteiger partial charge is 0.351 e. The Morgan fingerprint density at radius 3 is 2.52 bits per heavy atom. The third-order valence-electron chi connectivity index (χ3n) is 4.75. The van der Waals surface area contributed by atoms with Crippen molar-refractivity contribution in [1.29, 1.82) is 0 Å². The van der Waals surface area contributed by atoms with Crippen molar-refractivity contribution in [3.8, 4) is 0 Å². The number of amides is 2. The molecule has 0 saturated carbocycles. The van der Waals surface area contributed by atoms with E-state index in [0.29, 0.717) is 44.8 Å². The van der Waals surface area contributed by atoms with Crippen molar-refractivity contribution < 1.29 is 14.0 Å². The molecule has 5 nitrogen and oxygen atoms in total.